The molecule has 0 spiro atoms. The van der Waals surface area contributed by atoms with Crippen molar-refractivity contribution in [3.8, 4) is 0 Å². The second-order valence-electron chi connectivity index (χ2n) is 9.31. The summed E-state index contributed by atoms with van der Waals surface area (Å²) in [6.07, 6.45) is 4.11. The van der Waals surface area contributed by atoms with E-state index in [4.69, 9.17) is 0 Å². The van der Waals surface area contributed by atoms with Crippen molar-refractivity contribution >= 4 is 57.4 Å². The molecule has 0 aromatic carbocycles. The van der Waals surface area contributed by atoms with Crippen LogP contribution < -0.4 is 15.3 Å². The first-order valence-corrected chi connectivity index (χ1v) is 19.2. The third kappa shape index (κ3) is 19.6. The molecule has 234 valence electrons. The van der Waals surface area contributed by atoms with Gasteiger partial charge in [0.15, 0.2) is 0 Å². The smallest absolute Gasteiger partial charge is 0.549 e. The number of carbonyl (C=O) groups is 3. The molecule has 0 aromatic rings. The fourth-order valence-electron chi connectivity index (χ4n) is 3.70. The topological polar surface area (TPSA) is 232 Å². The first-order valence-electron chi connectivity index (χ1n) is 13.4. The van der Waals surface area contributed by atoms with Gasteiger partial charge in [-0.2, -0.15) is 0 Å². The average Bonchev–Trinajstić information content (AvgIpc) is 2.79. The second kappa shape index (κ2) is 24.0. The molecule has 0 heterocycles. The zero-order valence-corrected chi connectivity index (χ0v) is 28.5. The van der Waals surface area contributed by atoms with Gasteiger partial charge in [-0.25, -0.2) is 0 Å². The maximum atomic E-state index is 11.5. The molecule has 0 aliphatic carbocycles. The van der Waals surface area contributed by atoms with E-state index in [0.29, 0.717) is 38.5 Å². The van der Waals surface area contributed by atoms with Gasteiger partial charge in [0.1, 0.15) is 0 Å². The fourth-order valence-corrected chi connectivity index (χ4v) is 9.53. The molecule has 6 unspecified atom stereocenters. The normalized spacial score (nSPS) is 17.3. The summed E-state index contributed by atoms with van der Waals surface area (Å²) in [7, 11) is -10.6. The van der Waals surface area contributed by atoms with Crippen molar-refractivity contribution in [2.24, 2.45) is 0 Å². The molecule has 12 nitrogen and oxygen atoms in total. The summed E-state index contributed by atoms with van der Waals surface area (Å²) in [6.45, 7) is 10.6. The molecule has 0 saturated heterocycles. The van der Waals surface area contributed by atoms with Crippen molar-refractivity contribution in [3.05, 3.63) is 0 Å². The Morgan fingerprint density at radius 3 is 0.775 bits per heavy atom. The number of carbonyl (C=O) groups excluding carboxylic acids is 3. The van der Waals surface area contributed by atoms with Crippen LogP contribution in [0, 0.1) is 0 Å². The molecule has 40 heavy (non-hydrogen) atoms. The minimum Gasteiger partial charge on any atom is -0.549 e. The van der Waals surface area contributed by atoms with Crippen molar-refractivity contribution in [3.63, 3.8) is 0 Å². The van der Waals surface area contributed by atoms with Gasteiger partial charge >= 0.3 is 17.4 Å². The Morgan fingerprint density at radius 1 is 0.500 bits per heavy atom. The molecule has 3 N–H and O–H groups in total. The summed E-state index contributed by atoms with van der Waals surface area (Å²) in [4.78, 5) is 59.9. The largest absolute Gasteiger partial charge is 3.00 e. The monoisotopic (exact) mass is 648 g/mol. The molecule has 0 bridgehead atoms. The number of carboxylic acids is 3. The zero-order chi connectivity index (χ0) is 31.4. The molecule has 0 saturated carbocycles. The number of aliphatic carboxylic acids is 3. The second-order valence-corrected chi connectivity index (χ2v) is 17.1. The number of carboxylic acid groups (broad SMARTS) is 3. The van der Waals surface area contributed by atoms with Crippen molar-refractivity contribution < 1.29 is 58.1 Å². The molecule has 6 atom stereocenters. The van der Waals surface area contributed by atoms with Crippen LogP contribution in [-0.2, 0) is 28.1 Å². The van der Waals surface area contributed by atoms with Crippen LogP contribution in [0.15, 0.2) is 0 Å². The predicted octanol–water partition coefficient (Wildman–Crippen LogP) is 1.38. The SMILES string of the molecule is CCCC(C(=O)[O-])P(=O)(O)CCC.CCCC(C(=O)[O-])P(=O)(O)CCC.CCCC(C(=O)[O-])P(=O)(O)CCC.[Al+3]. The Morgan fingerprint density at radius 2 is 0.675 bits per heavy atom. The van der Waals surface area contributed by atoms with Crippen LogP contribution in [0.3, 0.4) is 0 Å². The first-order chi connectivity index (χ1) is 17.9. The van der Waals surface area contributed by atoms with E-state index in [9.17, 15) is 58.1 Å². The van der Waals surface area contributed by atoms with Gasteiger partial charge in [0.2, 0.25) is 22.1 Å². The first kappa shape index (κ1) is 46.5. The minimum atomic E-state index is -3.54. The van der Waals surface area contributed by atoms with Gasteiger partial charge in [-0.15, -0.1) is 0 Å². The van der Waals surface area contributed by atoms with E-state index in [1.165, 1.54) is 0 Å². The Kier molecular flexibility index (Phi) is 27.9. The van der Waals surface area contributed by atoms with Gasteiger partial charge in [-0.1, -0.05) is 60.8 Å². The maximum absolute atomic E-state index is 11.5. The van der Waals surface area contributed by atoms with Crippen LogP contribution >= 0.6 is 22.1 Å². The Balaban J connectivity index is -0.000000240. The van der Waals surface area contributed by atoms with Gasteiger partial charge in [-0.3, -0.25) is 13.7 Å². The van der Waals surface area contributed by atoms with Gasteiger partial charge in [0.25, 0.3) is 0 Å². The Labute approximate surface area is 249 Å². The molecule has 0 aliphatic heterocycles. The van der Waals surface area contributed by atoms with E-state index < -0.39 is 57.0 Å². The van der Waals surface area contributed by atoms with Crippen LogP contribution in [0.5, 0.6) is 0 Å². The molecular weight excluding hydrogens is 600 g/mol. The fraction of sp³-hybridized carbons (Fsp3) is 0.875. The number of hydrogen-bond donors (Lipinski definition) is 3. The van der Waals surface area contributed by atoms with Crippen LogP contribution in [0.25, 0.3) is 0 Å². The van der Waals surface area contributed by atoms with E-state index in [1.54, 1.807) is 41.5 Å². The van der Waals surface area contributed by atoms with Crippen molar-refractivity contribution in [1.82, 2.24) is 0 Å². The molecule has 16 heteroatoms. The van der Waals surface area contributed by atoms with Crippen LogP contribution in [0.4, 0.5) is 0 Å². The zero-order valence-electron chi connectivity index (χ0n) is 24.7. The molecule has 0 aliphatic rings. The summed E-state index contributed by atoms with van der Waals surface area (Å²) in [5.41, 5.74) is -3.55. The van der Waals surface area contributed by atoms with E-state index in [0.717, 1.165) is 0 Å². The molecular formula is C24H48AlO12P3. The van der Waals surface area contributed by atoms with E-state index in [1.807, 2.05) is 0 Å². The maximum Gasteiger partial charge on any atom is 3.00 e. The van der Waals surface area contributed by atoms with Gasteiger partial charge in [0.05, 0.1) is 34.9 Å². The predicted molar refractivity (Wildman–Crippen MR) is 152 cm³/mol. The molecule has 0 aromatic heterocycles. The minimum absolute atomic E-state index is 0. The van der Waals surface area contributed by atoms with Crippen molar-refractivity contribution in [2.75, 3.05) is 18.5 Å². The standard InChI is InChI=1S/3C8H17O4P.Al/c3*1-3-5-7(8(9)10)13(11,12)6-4-2;/h3*7H,3-6H2,1-2H3,(H,9,10)(H,11,12);/q;;;+3/p-3. The summed E-state index contributed by atoms with van der Waals surface area (Å²) >= 11 is 0. The van der Waals surface area contributed by atoms with Crippen LogP contribution in [0.2, 0.25) is 0 Å². The molecule has 0 radical (unpaired) electrons. The number of rotatable bonds is 18. The summed E-state index contributed by atoms with van der Waals surface area (Å²) in [6, 6.07) is 0. The van der Waals surface area contributed by atoms with Crippen molar-refractivity contribution in [1.29, 1.82) is 0 Å². The third-order valence-corrected chi connectivity index (χ3v) is 13.2. The average molecular weight is 649 g/mol. The van der Waals surface area contributed by atoms with E-state index >= 15 is 0 Å². The summed E-state index contributed by atoms with van der Waals surface area (Å²) < 4.78 is 34.4. The van der Waals surface area contributed by atoms with Crippen LogP contribution in [-0.4, -0.2) is 85.4 Å². The molecule has 0 rings (SSSR count). The Bertz CT molecular complexity index is 759. The summed E-state index contributed by atoms with van der Waals surface area (Å²) in [5.74, 6) is -4.21. The molecule has 0 fully saturated rings. The number of hydrogen-bond acceptors (Lipinski definition) is 9. The van der Waals surface area contributed by atoms with E-state index in [2.05, 4.69) is 0 Å². The third-order valence-electron chi connectivity index (χ3n) is 5.60. The molecule has 0 amide bonds. The summed E-state index contributed by atoms with van der Waals surface area (Å²) in [5, 5.41) is 31.7. The van der Waals surface area contributed by atoms with Gasteiger partial charge in [0, 0.05) is 18.5 Å². The Hall–Kier alpha value is -0.488. The van der Waals surface area contributed by atoms with Crippen molar-refractivity contribution in [2.45, 2.75) is 116 Å². The quantitative estimate of drug-likeness (QED) is 0.141. The van der Waals surface area contributed by atoms with Gasteiger partial charge in [-0.05, 0) is 38.5 Å². The van der Waals surface area contributed by atoms with Gasteiger partial charge < -0.3 is 44.4 Å². The van der Waals surface area contributed by atoms with Crippen LogP contribution in [0.1, 0.15) is 99.3 Å². The van der Waals surface area contributed by atoms with E-state index in [-0.39, 0.29) is 55.1 Å².